The maximum atomic E-state index is 13.0. The Hall–Kier alpha value is -2.80. The third kappa shape index (κ3) is 2.98. The van der Waals surface area contributed by atoms with Gasteiger partial charge in [0.2, 0.25) is 0 Å². The molecule has 1 aliphatic heterocycles. The number of hydrogen-bond donors (Lipinski definition) is 0. The highest BCUT2D eigenvalue weighted by molar-refractivity contribution is 5.63. The van der Waals surface area contributed by atoms with Crippen molar-refractivity contribution in [3.63, 3.8) is 0 Å². The summed E-state index contributed by atoms with van der Waals surface area (Å²) in [5.41, 5.74) is -2.51. The summed E-state index contributed by atoms with van der Waals surface area (Å²) in [6, 6.07) is 0.411. The fourth-order valence-electron chi connectivity index (χ4n) is 1.92. The van der Waals surface area contributed by atoms with Crippen molar-refractivity contribution >= 4 is 11.4 Å². The van der Waals surface area contributed by atoms with Crippen molar-refractivity contribution in [1.82, 2.24) is 0 Å². The summed E-state index contributed by atoms with van der Waals surface area (Å²) in [6.45, 7) is 0. The lowest BCUT2D eigenvalue weighted by Gasteiger charge is -2.30. The Morgan fingerprint density at radius 1 is 0.917 bits per heavy atom. The third-order valence-electron chi connectivity index (χ3n) is 2.85. The molecular formula is C10H4F6N2O6. The van der Waals surface area contributed by atoms with Gasteiger partial charge in [-0.05, 0) is 0 Å². The van der Waals surface area contributed by atoms with Crippen LogP contribution in [0.2, 0.25) is 0 Å². The molecule has 0 amide bonds. The van der Waals surface area contributed by atoms with Crippen LogP contribution in [-0.2, 0) is 0 Å². The van der Waals surface area contributed by atoms with E-state index >= 15 is 0 Å². The standard InChI is InChI=1S/C10H4F6N2O6/c11-9(12,13)3-8(10(14,15)16)23-6-1-4(17(19)20)5(18(21)22)2-7(6)24-8/h1-2H,3H2. The lowest BCUT2D eigenvalue weighted by molar-refractivity contribution is -0.422. The Morgan fingerprint density at radius 2 is 1.29 bits per heavy atom. The zero-order valence-corrected chi connectivity index (χ0v) is 11.0. The number of nitro benzene ring substituents is 2. The van der Waals surface area contributed by atoms with Crippen LogP contribution in [0, 0.1) is 20.2 Å². The summed E-state index contributed by atoms with van der Waals surface area (Å²) in [5, 5.41) is 21.4. The number of ether oxygens (including phenoxy) is 2. The number of alkyl halides is 6. The highest BCUT2D eigenvalue weighted by Gasteiger charge is 2.68. The van der Waals surface area contributed by atoms with E-state index in [1.165, 1.54) is 0 Å². The van der Waals surface area contributed by atoms with Gasteiger partial charge in [-0.15, -0.1) is 0 Å². The number of fused-ring (bicyclic) bond motifs is 1. The van der Waals surface area contributed by atoms with E-state index in [4.69, 9.17) is 0 Å². The molecule has 1 aromatic rings. The maximum Gasteiger partial charge on any atom is 0.468 e. The van der Waals surface area contributed by atoms with Gasteiger partial charge in [-0.3, -0.25) is 20.2 Å². The molecule has 0 atom stereocenters. The first-order valence-electron chi connectivity index (χ1n) is 5.74. The van der Waals surface area contributed by atoms with Crippen LogP contribution in [0.4, 0.5) is 37.7 Å². The van der Waals surface area contributed by atoms with Gasteiger partial charge in [0.05, 0.1) is 22.0 Å². The van der Waals surface area contributed by atoms with E-state index in [9.17, 15) is 46.6 Å². The van der Waals surface area contributed by atoms with Gasteiger partial charge in [-0.1, -0.05) is 0 Å². The summed E-state index contributed by atoms with van der Waals surface area (Å²) in [7, 11) is 0. The maximum absolute atomic E-state index is 13.0. The zero-order chi connectivity index (χ0) is 18.5. The monoisotopic (exact) mass is 362 g/mol. The van der Waals surface area contributed by atoms with Crippen LogP contribution >= 0.6 is 0 Å². The van der Waals surface area contributed by atoms with E-state index in [1.54, 1.807) is 0 Å². The molecule has 0 radical (unpaired) electrons. The summed E-state index contributed by atoms with van der Waals surface area (Å²) in [4.78, 5) is 18.8. The van der Waals surface area contributed by atoms with Crippen LogP contribution in [0.1, 0.15) is 6.42 Å². The van der Waals surface area contributed by atoms with Crippen LogP contribution in [0.3, 0.4) is 0 Å². The molecule has 0 saturated heterocycles. The second-order valence-electron chi connectivity index (χ2n) is 4.55. The largest absolute Gasteiger partial charge is 0.468 e. The van der Waals surface area contributed by atoms with Crippen molar-refractivity contribution < 1.29 is 45.7 Å². The topological polar surface area (TPSA) is 105 Å². The van der Waals surface area contributed by atoms with E-state index in [0.717, 1.165) is 0 Å². The number of halogens is 6. The number of hydrogen-bond acceptors (Lipinski definition) is 6. The summed E-state index contributed by atoms with van der Waals surface area (Å²) >= 11 is 0. The lowest BCUT2D eigenvalue weighted by Crippen LogP contribution is -2.55. The number of rotatable bonds is 3. The first-order chi connectivity index (χ1) is 10.8. The van der Waals surface area contributed by atoms with Gasteiger partial charge in [-0.2, -0.15) is 26.3 Å². The van der Waals surface area contributed by atoms with Crippen molar-refractivity contribution in [1.29, 1.82) is 0 Å². The quantitative estimate of drug-likeness (QED) is 0.463. The van der Waals surface area contributed by atoms with E-state index < -0.39 is 57.3 Å². The second kappa shape index (κ2) is 5.10. The molecule has 0 spiro atoms. The minimum Gasteiger partial charge on any atom is -0.440 e. The average molecular weight is 362 g/mol. The normalized spacial score (nSPS) is 16.1. The van der Waals surface area contributed by atoms with E-state index in [-0.39, 0.29) is 12.1 Å². The summed E-state index contributed by atoms with van der Waals surface area (Å²) < 4.78 is 84.7. The summed E-state index contributed by atoms with van der Waals surface area (Å²) in [5.74, 6) is -6.31. The Morgan fingerprint density at radius 3 is 1.54 bits per heavy atom. The van der Waals surface area contributed by atoms with E-state index in [1.807, 2.05) is 0 Å². The molecule has 0 bridgehead atoms. The molecule has 0 aromatic heterocycles. The van der Waals surface area contributed by atoms with Crippen molar-refractivity contribution in [2.24, 2.45) is 0 Å². The van der Waals surface area contributed by atoms with Gasteiger partial charge >= 0.3 is 29.5 Å². The SMILES string of the molecule is O=[N+]([O-])c1cc2c(cc1[N+](=O)[O-])OC(CC(F)(F)F)(C(F)(F)F)O2. The smallest absolute Gasteiger partial charge is 0.440 e. The molecule has 0 fully saturated rings. The van der Waals surface area contributed by atoms with Crippen molar-refractivity contribution in [3.05, 3.63) is 32.4 Å². The fourth-order valence-corrected chi connectivity index (χ4v) is 1.92. The van der Waals surface area contributed by atoms with Crippen molar-refractivity contribution in [3.8, 4) is 11.5 Å². The van der Waals surface area contributed by atoms with Gasteiger partial charge in [0.1, 0.15) is 6.42 Å². The Kier molecular flexibility index (Phi) is 3.73. The molecule has 24 heavy (non-hydrogen) atoms. The molecule has 0 saturated carbocycles. The average Bonchev–Trinajstić information content (AvgIpc) is 2.72. The highest BCUT2D eigenvalue weighted by atomic mass is 19.4. The molecule has 8 nitrogen and oxygen atoms in total. The molecule has 0 N–H and O–H groups in total. The molecular weight excluding hydrogens is 358 g/mol. The minimum atomic E-state index is -5.68. The molecule has 2 rings (SSSR count). The first kappa shape index (κ1) is 17.6. The molecule has 0 aliphatic carbocycles. The number of benzene rings is 1. The molecule has 132 valence electrons. The lowest BCUT2D eigenvalue weighted by atomic mass is 10.2. The third-order valence-corrected chi connectivity index (χ3v) is 2.85. The highest BCUT2D eigenvalue weighted by Crippen LogP contribution is 2.53. The Bertz CT molecular complexity index is 672. The fraction of sp³-hybridized carbons (Fsp3) is 0.400. The van der Waals surface area contributed by atoms with Crippen LogP contribution < -0.4 is 9.47 Å². The second-order valence-corrected chi connectivity index (χ2v) is 4.55. The predicted octanol–water partition coefficient (Wildman–Crippen LogP) is 3.49. The zero-order valence-electron chi connectivity index (χ0n) is 11.0. The van der Waals surface area contributed by atoms with Crippen LogP contribution in [0.15, 0.2) is 12.1 Å². The molecule has 0 unspecified atom stereocenters. The van der Waals surface area contributed by atoms with Gasteiger partial charge < -0.3 is 9.47 Å². The number of nitrogens with zero attached hydrogens (tertiary/aromatic N) is 2. The van der Waals surface area contributed by atoms with Gasteiger partial charge in [0.15, 0.2) is 11.5 Å². The molecule has 1 heterocycles. The van der Waals surface area contributed by atoms with Gasteiger partial charge in [0, 0.05) is 0 Å². The van der Waals surface area contributed by atoms with Crippen molar-refractivity contribution in [2.75, 3.05) is 0 Å². The van der Waals surface area contributed by atoms with Crippen LogP contribution in [0.5, 0.6) is 11.5 Å². The van der Waals surface area contributed by atoms with E-state index in [2.05, 4.69) is 9.47 Å². The predicted molar refractivity (Wildman–Crippen MR) is 60.5 cm³/mol. The minimum absolute atomic E-state index is 0.206. The van der Waals surface area contributed by atoms with E-state index in [0.29, 0.717) is 0 Å². The molecule has 1 aromatic carbocycles. The van der Waals surface area contributed by atoms with Crippen LogP contribution in [-0.4, -0.2) is 28.0 Å². The Balaban J connectivity index is 2.57. The van der Waals surface area contributed by atoms with Gasteiger partial charge in [0.25, 0.3) is 0 Å². The summed E-state index contributed by atoms with van der Waals surface area (Å²) in [6.07, 6.45) is -13.7. The van der Waals surface area contributed by atoms with Crippen molar-refractivity contribution in [2.45, 2.75) is 24.6 Å². The first-order valence-corrected chi connectivity index (χ1v) is 5.74. The van der Waals surface area contributed by atoms with Gasteiger partial charge in [-0.25, -0.2) is 0 Å². The Labute approximate surface area is 126 Å². The number of nitro groups is 2. The van der Waals surface area contributed by atoms with Crippen LogP contribution in [0.25, 0.3) is 0 Å². The molecule has 1 aliphatic rings. The molecule has 14 heteroatoms.